The van der Waals surface area contributed by atoms with Crippen molar-refractivity contribution in [1.82, 2.24) is 14.1 Å². The van der Waals surface area contributed by atoms with E-state index in [0.717, 1.165) is 44.5 Å². The maximum absolute atomic E-state index is 5.53. The van der Waals surface area contributed by atoms with Gasteiger partial charge in [-0.05, 0) is 89.7 Å². The molecule has 3 heteroatoms. The highest BCUT2D eigenvalue weighted by molar-refractivity contribution is 6.16. The number of fused-ring (bicyclic) bond motifs is 6. The molecule has 0 N–H and O–H groups in total. The van der Waals surface area contributed by atoms with Gasteiger partial charge in [0.2, 0.25) is 0 Å². The largest absolute Gasteiger partial charge is 0.294 e. The third-order valence-electron chi connectivity index (χ3n) is 9.28. The average molecular weight is 590 g/mol. The number of hydrogen-bond donors (Lipinski definition) is 0. The lowest BCUT2D eigenvalue weighted by atomic mass is 9.95. The number of pyridine rings is 1. The van der Waals surface area contributed by atoms with E-state index in [4.69, 9.17) is 4.98 Å². The third kappa shape index (κ3) is 4.09. The molecule has 0 spiro atoms. The highest BCUT2D eigenvalue weighted by atomic mass is 15.1. The van der Waals surface area contributed by atoms with Gasteiger partial charge in [0, 0.05) is 32.9 Å². The van der Waals surface area contributed by atoms with Gasteiger partial charge in [-0.2, -0.15) is 0 Å². The highest BCUT2D eigenvalue weighted by Crippen LogP contribution is 2.38. The van der Waals surface area contributed by atoms with Crippen LogP contribution in [0.15, 0.2) is 152 Å². The van der Waals surface area contributed by atoms with Gasteiger partial charge in [0.15, 0.2) is 0 Å². The van der Waals surface area contributed by atoms with Crippen LogP contribution in [0.2, 0.25) is 0 Å². The molecule has 0 bridgehead atoms. The maximum Gasteiger partial charge on any atom is 0.148 e. The second kappa shape index (κ2) is 10.3. The summed E-state index contributed by atoms with van der Waals surface area (Å²) in [5.74, 6) is 0. The van der Waals surface area contributed by atoms with Gasteiger partial charge >= 0.3 is 0 Å². The molecular weight excluding hydrogens is 558 g/mol. The van der Waals surface area contributed by atoms with Crippen molar-refractivity contribution in [1.29, 1.82) is 0 Å². The van der Waals surface area contributed by atoms with Gasteiger partial charge in [-0.15, -0.1) is 0 Å². The Labute approximate surface area is 267 Å². The standard InChI is InChI=1S/C43H31N3/c1-28-12-10-16-33(24-28)45-40-20-8-6-18-36(40)38-27-39-37-19-7-9-21-41(37)46(43(39)44-42(38)45)34-17-11-15-32(26-34)35-23-22-31(25-29(35)2)30-13-4-3-5-14-30/h3-27H,1-2H3. The SMILES string of the molecule is Cc1cccc(-n2c3ccccc3c3cc4c5ccccc5n(-c5cccc(-c6ccc(-c7ccccc7)cc6C)c5)c4nc32)c1. The molecule has 3 nitrogen and oxygen atoms in total. The van der Waals surface area contributed by atoms with E-state index in [2.05, 4.69) is 175 Å². The number of aromatic nitrogens is 3. The van der Waals surface area contributed by atoms with Crippen LogP contribution in [0.4, 0.5) is 0 Å². The molecule has 0 aliphatic heterocycles. The molecule has 0 radical (unpaired) electrons. The van der Waals surface area contributed by atoms with Crippen LogP contribution in [-0.2, 0) is 0 Å². The fourth-order valence-corrected chi connectivity index (χ4v) is 7.15. The van der Waals surface area contributed by atoms with E-state index in [-0.39, 0.29) is 0 Å². The lowest BCUT2D eigenvalue weighted by Gasteiger charge is -2.13. The Hall–Kier alpha value is -5.93. The van der Waals surface area contributed by atoms with Crippen LogP contribution in [0.1, 0.15) is 11.1 Å². The van der Waals surface area contributed by atoms with Crippen molar-refractivity contribution >= 4 is 43.9 Å². The molecule has 0 saturated heterocycles. The van der Waals surface area contributed by atoms with Crippen LogP contribution in [0.25, 0.3) is 77.5 Å². The van der Waals surface area contributed by atoms with Crippen LogP contribution < -0.4 is 0 Å². The van der Waals surface area contributed by atoms with Crippen molar-refractivity contribution in [2.75, 3.05) is 0 Å². The molecule has 0 unspecified atom stereocenters. The van der Waals surface area contributed by atoms with Crippen LogP contribution in [-0.4, -0.2) is 14.1 Å². The first kappa shape index (κ1) is 26.5. The van der Waals surface area contributed by atoms with Gasteiger partial charge in [0.1, 0.15) is 11.3 Å². The summed E-state index contributed by atoms with van der Waals surface area (Å²) >= 11 is 0. The van der Waals surface area contributed by atoms with Crippen LogP contribution in [0.5, 0.6) is 0 Å². The first-order valence-electron chi connectivity index (χ1n) is 15.8. The predicted molar refractivity (Wildman–Crippen MR) is 193 cm³/mol. The van der Waals surface area contributed by atoms with E-state index in [1.807, 2.05) is 0 Å². The van der Waals surface area contributed by atoms with Crippen LogP contribution in [0, 0.1) is 13.8 Å². The summed E-state index contributed by atoms with van der Waals surface area (Å²) in [5.41, 5.74) is 13.8. The third-order valence-corrected chi connectivity index (χ3v) is 9.28. The minimum absolute atomic E-state index is 0.957. The lowest BCUT2D eigenvalue weighted by Crippen LogP contribution is -1.99. The molecule has 3 heterocycles. The number of nitrogens with zero attached hydrogens (tertiary/aromatic N) is 3. The molecule has 0 amide bonds. The number of hydrogen-bond acceptors (Lipinski definition) is 1. The maximum atomic E-state index is 5.53. The summed E-state index contributed by atoms with van der Waals surface area (Å²) in [6, 6.07) is 54.6. The zero-order valence-corrected chi connectivity index (χ0v) is 25.8. The van der Waals surface area contributed by atoms with E-state index < -0.39 is 0 Å². The van der Waals surface area contributed by atoms with Crippen LogP contribution in [0.3, 0.4) is 0 Å². The summed E-state index contributed by atoms with van der Waals surface area (Å²) in [5, 5.41) is 4.73. The van der Waals surface area contributed by atoms with Crippen molar-refractivity contribution in [2.45, 2.75) is 13.8 Å². The molecule has 3 aromatic heterocycles. The van der Waals surface area contributed by atoms with Gasteiger partial charge in [-0.3, -0.25) is 9.13 Å². The van der Waals surface area contributed by atoms with Gasteiger partial charge in [0.05, 0.1) is 11.0 Å². The molecule has 6 aromatic carbocycles. The molecule has 218 valence electrons. The predicted octanol–water partition coefficient (Wildman–Crippen LogP) is 11.2. The van der Waals surface area contributed by atoms with Crippen molar-refractivity contribution < 1.29 is 0 Å². The topological polar surface area (TPSA) is 22.8 Å². The van der Waals surface area contributed by atoms with E-state index in [1.54, 1.807) is 0 Å². The van der Waals surface area contributed by atoms with Crippen LogP contribution >= 0.6 is 0 Å². The zero-order valence-electron chi connectivity index (χ0n) is 25.8. The van der Waals surface area contributed by atoms with Crippen molar-refractivity contribution in [3.63, 3.8) is 0 Å². The Bertz CT molecular complexity index is 2600. The molecule has 9 aromatic rings. The van der Waals surface area contributed by atoms with Crippen molar-refractivity contribution in [3.8, 4) is 33.6 Å². The first-order valence-corrected chi connectivity index (χ1v) is 15.8. The quantitative estimate of drug-likeness (QED) is 0.200. The number of rotatable bonds is 4. The van der Waals surface area contributed by atoms with E-state index in [0.29, 0.717) is 0 Å². The number of aryl methyl sites for hydroxylation is 2. The zero-order chi connectivity index (χ0) is 30.8. The molecule has 0 fully saturated rings. The Morgan fingerprint density at radius 3 is 1.65 bits per heavy atom. The Morgan fingerprint density at radius 1 is 0.413 bits per heavy atom. The van der Waals surface area contributed by atoms with E-state index in [9.17, 15) is 0 Å². The van der Waals surface area contributed by atoms with Gasteiger partial charge < -0.3 is 0 Å². The Balaban J connectivity index is 1.29. The smallest absolute Gasteiger partial charge is 0.148 e. The monoisotopic (exact) mass is 589 g/mol. The molecular formula is C43H31N3. The molecule has 9 rings (SSSR count). The summed E-state index contributed by atoms with van der Waals surface area (Å²) < 4.78 is 4.65. The summed E-state index contributed by atoms with van der Waals surface area (Å²) in [4.78, 5) is 5.53. The molecule has 0 atom stereocenters. The summed E-state index contributed by atoms with van der Waals surface area (Å²) in [6.45, 7) is 4.35. The second-order valence-electron chi connectivity index (χ2n) is 12.2. The Kier molecular flexibility index (Phi) is 5.94. The number of benzene rings is 6. The fraction of sp³-hybridized carbons (Fsp3) is 0.0465. The molecule has 0 aliphatic carbocycles. The molecule has 0 saturated carbocycles. The van der Waals surface area contributed by atoms with Crippen molar-refractivity contribution in [3.05, 3.63) is 163 Å². The first-order chi connectivity index (χ1) is 22.6. The normalized spacial score (nSPS) is 11.7. The van der Waals surface area contributed by atoms with Crippen molar-refractivity contribution in [2.24, 2.45) is 0 Å². The highest BCUT2D eigenvalue weighted by Gasteiger charge is 2.20. The van der Waals surface area contributed by atoms with E-state index in [1.165, 1.54) is 44.2 Å². The average Bonchev–Trinajstić information content (AvgIpc) is 3.60. The van der Waals surface area contributed by atoms with E-state index >= 15 is 0 Å². The number of para-hydroxylation sites is 2. The van der Waals surface area contributed by atoms with Gasteiger partial charge in [-0.1, -0.05) is 109 Å². The molecule has 0 aliphatic rings. The second-order valence-corrected chi connectivity index (χ2v) is 12.2. The van der Waals surface area contributed by atoms with Gasteiger partial charge in [-0.25, -0.2) is 4.98 Å². The minimum Gasteiger partial charge on any atom is -0.294 e. The lowest BCUT2D eigenvalue weighted by molar-refractivity contribution is 1.10. The summed E-state index contributed by atoms with van der Waals surface area (Å²) in [7, 11) is 0. The minimum atomic E-state index is 0.957. The molecule has 46 heavy (non-hydrogen) atoms. The Morgan fingerprint density at radius 2 is 1.00 bits per heavy atom. The summed E-state index contributed by atoms with van der Waals surface area (Å²) in [6.07, 6.45) is 0. The van der Waals surface area contributed by atoms with Gasteiger partial charge in [0.25, 0.3) is 0 Å². The fourth-order valence-electron chi connectivity index (χ4n) is 7.15.